The van der Waals surface area contributed by atoms with Crippen LogP contribution < -0.4 is 0 Å². The molecule has 1 unspecified atom stereocenters. The first kappa shape index (κ1) is 20.9. The Morgan fingerprint density at radius 1 is 1.03 bits per heavy atom. The van der Waals surface area contributed by atoms with Crippen molar-refractivity contribution < 1.29 is 9.59 Å². The summed E-state index contributed by atoms with van der Waals surface area (Å²) in [5, 5.41) is 0.625. The lowest BCUT2D eigenvalue weighted by atomic mass is 9.87. The Balaban J connectivity index is 1.31. The number of halogens is 1. The molecule has 1 heterocycles. The molecule has 2 aromatic carbocycles. The Kier molecular flexibility index (Phi) is 6.40. The van der Waals surface area contributed by atoms with Gasteiger partial charge >= 0.3 is 0 Å². The first-order valence-electron chi connectivity index (χ1n) is 10.6. The standard InChI is InChI=1S/C24H28ClN3O2/c1-26(22-8-4-6-18-5-2-3-7-21(18)22)23(29)17-27-13-15-28(16-14-27)24(30)19-9-11-20(25)12-10-19/h2-3,5,7,9-12,22H,4,6,8,13-17H2,1H3. The van der Waals surface area contributed by atoms with Crippen molar-refractivity contribution in [3.63, 3.8) is 0 Å². The van der Waals surface area contributed by atoms with E-state index in [0.717, 1.165) is 19.3 Å². The highest BCUT2D eigenvalue weighted by Crippen LogP contribution is 2.33. The zero-order valence-electron chi connectivity index (χ0n) is 17.4. The molecule has 0 aromatic heterocycles. The smallest absolute Gasteiger partial charge is 0.253 e. The quantitative estimate of drug-likeness (QED) is 0.751. The van der Waals surface area contributed by atoms with Crippen molar-refractivity contribution in [1.29, 1.82) is 0 Å². The number of carbonyl (C=O) groups excluding carboxylic acids is 2. The number of likely N-dealkylation sites (N-methyl/N-ethyl adjacent to an activating group) is 1. The van der Waals surface area contributed by atoms with Gasteiger partial charge in [0.25, 0.3) is 5.91 Å². The van der Waals surface area contributed by atoms with Crippen LogP contribution in [0.2, 0.25) is 5.02 Å². The first-order chi connectivity index (χ1) is 14.5. The molecular weight excluding hydrogens is 398 g/mol. The monoisotopic (exact) mass is 425 g/mol. The molecule has 0 N–H and O–H groups in total. The van der Waals surface area contributed by atoms with Crippen LogP contribution in [0.5, 0.6) is 0 Å². The van der Waals surface area contributed by atoms with Crippen molar-refractivity contribution in [3.05, 3.63) is 70.2 Å². The van der Waals surface area contributed by atoms with Crippen molar-refractivity contribution in [1.82, 2.24) is 14.7 Å². The zero-order valence-corrected chi connectivity index (χ0v) is 18.1. The zero-order chi connectivity index (χ0) is 21.1. The molecule has 1 saturated heterocycles. The second-order valence-electron chi connectivity index (χ2n) is 8.19. The predicted octanol–water partition coefficient (Wildman–Crippen LogP) is 3.63. The molecule has 30 heavy (non-hydrogen) atoms. The lowest BCUT2D eigenvalue weighted by Gasteiger charge is -2.37. The molecule has 1 aliphatic carbocycles. The van der Waals surface area contributed by atoms with Crippen LogP contribution in [0.1, 0.15) is 40.4 Å². The minimum atomic E-state index is 0.0218. The summed E-state index contributed by atoms with van der Waals surface area (Å²) in [4.78, 5) is 31.6. The van der Waals surface area contributed by atoms with E-state index in [2.05, 4.69) is 29.2 Å². The maximum absolute atomic E-state index is 13.0. The third-order valence-electron chi connectivity index (χ3n) is 6.31. The SMILES string of the molecule is CN(C(=O)CN1CCN(C(=O)c2ccc(Cl)cc2)CC1)C1CCCc2ccccc21. The topological polar surface area (TPSA) is 43.9 Å². The van der Waals surface area contributed by atoms with Crippen LogP contribution in [0.15, 0.2) is 48.5 Å². The Hall–Kier alpha value is -2.37. The highest BCUT2D eigenvalue weighted by atomic mass is 35.5. The summed E-state index contributed by atoms with van der Waals surface area (Å²) in [6.07, 6.45) is 3.23. The largest absolute Gasteiger partial charge is 0.338 e. The molecule has 1 aliphatic heterocycles. The maximum atomic E-state index is 13.0. The molecule has 0 saturated carbocycles. The number of hydrogen-bond donors (Lipinski definition) is 0. The average molecular weight is 426 g/mol. The fourth-order valence-corrected chi connectivity index (χ4v) is 4.62. The number of aryl methyl sites for hydroxylation is 1. The van der Waals surface area contributed by atoms with Crippen molar-refractivity contribution in [2.45, 2.75) is 25.3 Å². The lowest BCUT2D eigenvalue weighted by Crippen LogP contribution is -2.51. The summed E-state index contributed by atoms with van der Waals surface area (Å²) in [6.45, 7) is 3.08. The fraction of sp³-hybridized carbons (Fsp3) is 0.417. The molecule has 0 bridgehead atoms. The normalized spacial score (nSPS) is 19.3. The molecular formula is C24H28ClN3O2. The van der Waals surface area contributed by atoms with Gasteiger partial charge in [0.05, 0.1) is 12.6 Å². The molecule has 1 fully saturated rings. The number of rotatable bonds is 4. The van der Waals surface area contributed by atoms with E-state index in [1.165, 1.54) is 11.1 Å². The van der Waals surface area contributed by atoms with E-state index in [1.807, 2.05) is 16.8 Å². The summed E-state index contributed by atoms with van der Waals surface area (Å²) in [6, 6.07) is 15.6. The Morgan fingerprint density at radius 2 is 1.73 bits per heavy atom. The van der Waals surface area contributed by atoms with Crippen LogP contribution in [0, 0.1) is 0 Å². The summed E-state index contributed by atoms with van der Waals surface area (Å²) in [7, 11) is 1.93. The van der Waals surface area contributed by atoms with Crippen LogP contribution in [0.25, 0.3) is 0 Å². The number of carbonyl (C=O) groups is 2. The summed E-state index contributed by atoms with van der Waals surface area (Å²) in [5.74, 6) is 0.169. The number of amides is 2. The highest BCUT2D eigenvalue weighted by Gasteiger charge is 2.29. The lowest BCUT2D eigenvalue weighted by molar-refractivity contribution is -0.134. The molecule has 2 aromatic rings. The third kappa shape index (κ3) is 4.52. The highest BCUT2D eigenvalue weighted by molar-refractivity contribution is 6.30. The Bertz CT molecular complexity index is 907. The molecule has 1 atom stereocenters. The van der Waals surface area contributed by atoms with Crippen molar-refractivity contribution in [3.8, 4) is 0 Å². The van der Waals surface area contributed by atoms with Gasteiger partial charge in [0.1, 0.15) is 0 Å². The minimum Gasteiger partial charge on any atom is -0.338 e. The van der Waals surface area contributed by atoms with Crippen LogP contribution in [0.3, 0.4) is 0 Å². The maximum Gasteiger partial charge on any atom is 0.253 e. The van der Waals surface area contributed by atoms with Crippen LogP contribution >= 0.6 is 11.6 Å². The van der Waals surface area contributed by atoms with Gasteiger partial charge in [0.15, 0.2) is 0 Å². The second kappa shape index (κ2) is 9.19. The Labute approximate surface area is 183 Å². The molecule has 4 rings (SSSR count). The van der Waals surface area contributed by atoms with Gasteiger partial charge in [-0.2, -0.15) is 0 Å². The van der Waals surface area contributed by atoms with Crippen molar-refractivity contribution in [2.75, 3.05) is 39.8 Å². The van der Waals surface area contributed by atoms with E-state index in [-0.39, 0.29) is 17.9 Å². The van der Waals surface area contributed by atoms with Gasteiger partial charge in [0.2, 0.25) is 5.91 Å². The van der Waals surface area contributed by atoms with E-state index in [0.29, 0.717) is 43.3 Å². The van der Waals surface area contributed by atoms with Gasteiger partial charge in [-0.1, -0.05) is 35.9 Å². The van der Waals surface area contributed by atoms with Gasteiger partial charge in [0, 0.05) is 43.8 Å². The number of hydrogen-bond acceptors (Lipinski definition) is 3. The molecule has 0 spiro atoms. The van der Waals surface area contributed by atoms with Gasteiger partial charge in [-0.05, 0) is 54.7 Å². The van der Waals surface area contributed by atoms with E-state index in [9.17, 15) is 9.59 Å². The average Bonchev–Trinajstić information content (AvgIpc) is 2.78. The van der Waals surface area contributed by atoms with Crippen molar-refractivity contribution in [2.24, 2.45) is 0 Å². The van der Waals surface area contributed by atoms with Crippen molar-refractivity contribution >= 4 is 23.4 Å². The summed E-state index contributed by atoms with van der Waals surface area (Å²) in [5.41, 5.74) is 3.31. The number of piperazine rings is 1. The molecule has 2 amide bonds. The van der Waals surface area contributed by atoms with Crippen LogP contribution in [0.4, 0.5) is 0 Å². The minimum absolute atomic E-state index is 0.0218. The summed E-state index contributed by atoms with van der Waals surface area (Å²) < 4.78 is 0. The molecule has 5 nitrogen and oxygen atoms in total. The summed E-state index contributed by atoms with van der Waals surface area (Å²) >= 11 is 5.91. The third-order valence-corrected chi connectivity index (χ3v) is 6.56. The molecule has 2 aliphatic rings. The first-order valence-corrected chi connectivity index (χ1v) is 11.0. The van der Waals surface area contributed by atoms with E-state index < -0.39 is 0 Å². The van der Waals surface area contributed by atoms with E-state index >= 15 is 0 Å². The predicted molar refractivity (Wildman–Crippen MR) is 119 cm³/mol. The number of nitrogens with zero attached hydrogens (tertiary/aromatic N) is 3. The van der Waals surface area contributed by atoms with Gasteiger partial charge in [-0.3, -0.25) is 14.5 Å². The second-order valence-corrected chi connectivity index (χ2v) is 8.62. The van der Waals surface area contributed by atoms with Gasteiger partial charge in [-0.15, -0.1) is 0 Å². The number of benzene rings is 2. The van der Waals surface area contributed by atoms with E-state index in [4.69, 9.17) is 11.6 Å². The van der Waals surface area contributed by atoms with E-state index in [1.54, 1.807) is 24.3 Å². The van der Waals surface area contributed by atoms with Gasteiger partial charge in [-0.25, -0.2) is 0 Å². The van der Waals surface area contributed by atoms with Crippen LogP contribution in [-0.2, 0) is 11.2 Å². The fourth-order valence-electron chi connectivity index (χ4n) is 4.49. The molecule has 0 radical (unpaired) electrons. The molecule has 6 heteroatoms. The van der Waals surface area contributed by atoms with Crippen LogP contribution in [-0.4, -0.2) is 66.3 Å². The molecule has 158 valence electrons. The Morgan fingerprint density at radius 3 is 2.47 bits per heavy atom. The van der Waals surface area contributed by atoms with Gasteiger partial charge < -0.3 is 9.80 Å². The number of fused-ring (bicyclic) bond motifs is 1.